The highest BCUT2D eigenvalue weighted by atomic mass is 19.3. The second-order valence-corrected chi connectivity index (χ2v) is 3.95. The first-order valence-corrected chi connectivity index (χ1v) is 4.94. The predicted molar refractivity (Wildman–Crippen MR) is 51.0 cm³/mol. The molecule has 1 aromatic rings. The molecule has 0 spiro atoms. The monoisotopic (exact) mass is 209 g/mol. The van der Waals surface area contributed by atoms with E-state index in [1.165, 1.54) is 11.0 Å². The number of nitrogens with zero attached hydrogens (tertiary/aromatic N) is 1. The highest BCUT2D eigenvalue weighted by molar-refractivity contribution is 6.06. The first-order chi connectivity index (χ1) is 7.12. The largest absolute Gasteiger partial charge is 0.352 e. The maximum atomic E-state index is 13.6. The van der Waals surface area contributed by atoms with Crippen molar-refractivity contribution in [1.29, 1.82) is 0 Å². The summed E-state index contributed by atoms with van der Waals surface area (Å²) < 4.78 is 27.2. The van der Waals surface area contributed by atoms with Gasteiger partial charge in [0.15, 0.2) is 0 Å². The molecule has 0 aliphatic carbocycles. The number of alkyl halides is 2. The molecule has 2 aliphatic rings. The van der Waals surface area contributed by atoms with Gasteiger partial charge in [-0.05, 0) is 18.4 Å². The van der Waals surface area contributed by atoms with Gasteiger partial charge in [-0.1, -0.05) is 18.2 Å². The van der Waals surface area contributed by atoms with E-state index in [0.717, 1.165) is 18.4 Å². The molecule has 0 saturated heterocycles. The van der Waals surface area contributed by atoms with Crippen molar-refractivity contribution in [1.82, 2.24) is 0 Å². The van der Waals surface area contributed by atoms with Crippen LogP contribution in [-0.2, 0) is 17.1 Å². The first kappa shape index (κ1) is 8.83. The Hall–Kier alpha value is -1.45. The number of hydrogen-bond donors (Lipinski definition) is 0. The number of benzene rings is 1. The summed E-state index contributed by atoms with van der Waals surface area (Å²) in [6, 6.07) is 4.77. The van der Waals surface area contributed by atoms with Crippen LogP contribution in [0.2, 0.25) is 0 Å². The summed E-state index contributed by atoms with van der Waals surface area (Å²) in [5, 5.41) is 0. The summed E-state index contributed by atoms with van der Waals surface area (Å²) >= 11 is 0. The topological polar surface area (TPSA) is 20.3 Å². The lowest BCUT2D eigenvalue weighted by Crippen LogP contribution is -2.36. The van der Waals surface area contributed by atoms with Crippen molar-refractivity contribution in [3.05, 3.63) is 29.3 Å². The standard InChI is InChI=1S/C11H9F2NO/c12-11(13)8-5-1-3-7-4-2-6-14(9(7)8)10(11)15/h1,3,5H,2,4,6H2. The summed E-state index contributed by atoms with van der Waals surface area (Å²) in [4.78, 5) is 12.7. The number of carbonyl (C=O) groups is 1. The highest BCUT2D eigenvalue weighted by Crippen LogP contribution is 2.47. The molecule has 0 fully saturated rings. The molecule has 4 heteroatoms. The normalized spacial score (nSPS) is 21.7. The Morgan fingerprint density at radius 1 is 1.33 bits per heavy atom. The molecular formula is C11H9F2NO. The van der Waals surface area contributed by atoms with Crippen LogP contribution in [0.25, 0.3) is 0 Å². The van der Waals surface area contributed by atoms with Gasteiger partial charge < -0.3 is 4.90 Å². The van der Waals surface area contributed by atoms with Crippen molar-refractivity contribution in [2.45, 2.75) is 18.8 Å². The fraction of sp³-hybridized carbons (Fsp3) is 0.364. The molecule has 0 unspecified atom stereocenters. The Bertz CT molecular complexity index is 456. The van der Waals surface area contributed by atoms with E-state index in [9.17, 15) is 13.6 Å². The van der Waals surface area contributed by atoms with Crippen LogP contribution in [-0.4, -0.2) is 12.5 Å². The Labute approximate surface area is 85.5 Å². The second-order valence-electron chi connectivity index (χ2n) is 3.95. The number of rotatable bonds is 0. The summed E-state index contributed by atoms with van der Waals surface area (Å²) in [5.41, 5.74) is 1.20. The number of amides is 1. The SMILES string of the molecule is O=C1N2CCCc3cccc(c32)C1(F)F. The van der Waals surface area contributed by atoms with Crippen LogP contribution < -0.4 is 4.90 Å². The third-order valence-electron chi connectivity index (χ3n) is 3.07. The van der Waals surface area contributed by atoms with Crippen LogP contribution in [0.4, 0.5) is 14.5 Å². The third kappa shape index (κ3) is 0.940. The molecular weight excluding hydrogens is 200 g/mol. The Kier molecular flexibility index (Phi) is 1.51. The van der Waals surface area contributed by atoms with Crippen molar-refractivity contribution in [3.63, 3.8) is 0 Å². The smallest absolute Gasteiger partial charge is 0.306 e. The van der Waals surface area contributed by atoms with E-state index in [-0.39, 0.29) is 5.56 Å². The maximum Gasteiger partial charge on any atom is 0.352 e. The first-order valence-electron chi connectivity index (χ1n) is 4.94. The van der Waals surface area contributed by atoms with E-state index in [1.54, 1.807) is 6.07 Å². The highest BCUT2D eigenvalue weighted by Gasteiger charge is 2.53. The molecule has 0 aromatic heterocycles. The predicted octanol–water partition coefficient (Wildman–Crippen LogP) is 2.07. The van der Waals surface area contributed by atoms with Crippen molar-refractivity contribution < 1.29 is 13.6 Å². The van der Waals surface area contributed by atoms with Gasteiger partial charge in [0.05, 0.1) is 11.3 Å². The molecule has 2 aliphatic heterocycles. The van der Waals surface area contributed by atoms with Crippen LogP contribution >= 0.6 is 0 Å². The number of anilines is 1. The zero-order chi connectivity index (χ0) is 10.6. The minimum absolute atomic E-state index is 0.121. The molecule has 2 nitrogen and oxygen atoms in total. The van der Waals surface area contributed by atoms with Crippen molar-refractivity contribution >= 4 is 11.6 Å². The van der Waals surface area contributed by atoms with Gasteiger partial charge in [-0.15, -0.1) is 0 Å². The zero-order valence-corrected chi connectivity index (χ0v) is 7.96. The molecule has 1 amide bonds. The molecule has 2 heterocycles. The van der Waals surface area contributed by atoms with E-state index in [1.807, 2.05) is 6.07 Å². The Morgan fingerprint density at radius 3 is 2.93 bits per heavy atom. The van der Waals surface area contributed by atoms with Crippen LogP contribution in [0.5, 0.6) is 0 Å². The van der Waals surface area contributed by atoms with Gasteiger partial charge in [0.25, 0.3) is 0 Å². The third-order valence-corrected chi connectivity index (χ3v) is 3.07. The lowest BCUT2D eigenvalue weighted by molar-refractivity contribution is -0.141. The Balaban J connectivity index is 2.31. The maximum absolute atomic E-state index is 13.6. The minimum Gasteiger partial charge on any atom is -0.306 e. The summed E-state index contributed by atoms with van der Waals surface area (Å²) in [6.07, 6.45) is 1.54. The van der Waals surface area contributed by atoms with Gasteiger partial charge in [0.1, 0.15) is 0 Å². The lowest BCUT2D eigenvalue weighted by Gasteiger charge is -2.24. The quantitative estimate of drug-likeness (QED) is 0.640. The number of aryl methyl sites for hydroxylation is 1. The Morgan fingerprint density at radius 2 is 2.13 bits per heavy atom. The van der Waals surface area contributed by atoms with E-state index in [2.05, 4.69) is 0 Å². The van der Waals surface area contributed by atoms with Gasteiger partial charge in [-0.25, -0.2) is 0 Å². The molecule has 15 heavy (non-hydrogen) atoms. The van der Waals surface area contributed by atoms with E-state index in [4.69, 9.17) is 0 Å². The molecule has 0 radical (unpaired) electrons. The number of carbonyl (C=O) groups excluding carboxylic acids is 1. The molecule has 0 atom stereocenters. The van der Waals surface area contributed by atoms with Gasteiger partial charge >= 0.3 is 11.8 Å². The van der Waals surface area contributed by atoms with Crippen LogP contribution in [0, 0.1) is 0 Å². The van der Waals surface area contributed by atoms with E-state index in [0.29, 0.717) is 12.2 Å². The summed E-state index contributed by atoms with van der Waals surface area (Å²) in [6.45, 7) is 0.415. The number of halogens is 2. The lowest BCUT2D eigenvalue weighted by atomic mass is 9.99. The van der Waals surface area contributed by atoms with Crippen LogP contribution in [0.15, 0.2) is 18.2 Å². The van der Waals surface area contributed by atoms with Crippen LogP contribution in [0.1, 0.15) is 17.5 Å². The van der Waals surface area contributed by atoms with Gasteiger partial charge in [0, 0.05) is 6.54 Å². The van der Waals surface area contributed by atoms with E-state index < -0.39 is 11.8 Å². The van der Waals surface area contributed by atoms with Crippen LogP contribution in [0.3, 0.4) is 0 Å². The number of para-hydroxylation sites is 1. The molecule has 0 bridgehead atoms. The molecule has 0 N–H and O–H groups in total. The van der Waals surface area contributed by atoms with Crippen molar-refractivity contribution in [3.8, 4) is 0 Å². The van der Waals surface area contributed by atoms with Crippen molar-refractivity contribution in [2.75, 3.05) is 11.4 Å². The number of hydrogen-bond acceptors (Lipinski definition) is 1. The zero-order valence-electron chi connectivity index (χ0n) is 7.96. The summed E-state index contributed by atoms with van der Waals surface area (Å²) in [5.74, 6) is -4.39. The molecule has 0 saturated carbocycles. The van der Waals surface area contributed by atoms with E-state index >= 15 is 0 Å². The average molecular weight is 209 g/mol. The average Bonchev–Trinajstić information content (AvgIpc) is 2.43. The fourth-order valence-corrected chi connectivity index (χ4v) is 2.39. The molecule has 78 valence electrons. The van der Waals surface area contributed by atoms with Gasteiger partial charge in [-0.2, -0.15) is 8.78 Å². The molecule has 1 aromatic carbocycles. The van der Waals surface area contributed by atoms with Gasteiger partial charge in [0.2, 0.25) is 0 Å². The molecule has 3 rings (SSSR count). The van der Waals surface area contributed by atoms with Gasteiger partial charge in [-0.3, -0.25) is 4.79 Å². The second kappa shape index (κ2) is 2.56. The van der Waals surface area contributed by atoms with Crippen molar-refractivity contribution in [2.24, 2.45) is 0 Å². The summed E-state index contributed by atoms with van der Waals surface area (Å²) in [7, 11) is 0. The fourth-order valence-electron chi connectivity index (χ4n) is 2.39. The minimum atomic E-state index is -3.32.